The number of aromatic amines is 2. The predicted molar refractivity (Wildman–Crippen MR) is 171 cm³/mol. The van der Waals surface area contributed by atoms with Gasteiger partial charge in [-0.3, -0.25) is 0 Å². The second kappa shape index (κ2) is 9.07. The van der Waals surface area contributed by atoms with Crippen LogP contribution in [0.3, 0.4) is 0 Å². The van der Waals surface area contributed by atoms with Crippen molar-refractivity contribution in [2.45, 2.75) is 41.5 Å². The van der Waals surface area contributed by atoms with Crippen LogP contribution in [0, 0.1) is 41.5 Å². The van der Waals surface area contributed by atoms with E-state index in [0.717, 1.165) is 62.3 Å². The van der Waals surface area contributed by atoms with Crippen LogP contribution in [0.1, 0.15) is 55.9 Å². The molecule has 4 N–H and O–H groups in total. The highest BCUT2D eigenvalue weighted by Gasteiger charge is 2.26. The first-order valence-electron chi connectivity index (χ1n) is 14.1. The zero-order chi connectivity index (χ0) is 28.6. The molecule has 2 aromatic carbocycles. The smallest absolute Gasteiger partial charge is 0.0894 e. The molecule has 0 spiro atoms. The Labute approximate surface area is 240 Å². The van der Waals surface area contributed by atoms with Gasteiger partial charge in [0, 0.05) is 16.8 Å². The number of fused-ring (bicyclic) bond motifs is 8. The van der Waals surface area contributed by atoms with Crippen LogP contribution in [0.2, 0.25) is 0 Å². The van der Waals surface area contributed by atoms with Crippen LogP contribution >= 0.6 is 0 Å². The van der Waals surface area contributed by atoms with Gasteiger partial charge in [-0.1, -0.05) is 35.4 Å². The molecule has 0 unspecified atom stereocenters. The average Bonchev–Trinajstić information content (AvgIpc) is 3.70. The highest BCUT2D eigenvalue weighted by atomic mass is 14.9. The van der Waals surface area contributed by atoms with Crippen molar-refractivity contribution in [3.63, 3.8) is 0 Å². The molecule has 5 heterocycles. The van der Waals surface area contributed by atoms with Gasteiger partial charge in [-0.15, -0.1) is 0 Å². The molecule has 7 rings (SSSR count). The average molecular weight is 536 g/mol. The minimum absolute atomic E-state index is 0.688. The normalized spacial score (nSPS) is 15.6. The number of nitrogens with zero attached hydrogens (tertiary/aromatic N) is 2. The van der Waals surface area contributed by atoms with Crippen molar-refractivity contribution >= 4 is 28.3 Å². The molecule has 2 aromatic heterocycles. The maximum Gasteiger partial charge on any atom is 0.0894 e. The molecule has 0 saturated heterocycles. The maximum absolute atomic E-state index is 6.77. The van der Waals surface area contributed by atoms with Crippen molar-refractivity contribution in [1.82, 2.24) is 9.97 Å². The number of aromatic nitrogens is 2. The summed E-state index contributed by atoms with van der Waals surface area (Å²) >= 11 is 0. The molecule has 0 fully saturated rings. The van der Waals surface area contributed by atoms with Crippen LogP contribution in [-0.2, 0) is 0 Å². The van der Waals surface area contributed by atoms with Crippen LogP contribution < -0.4 is 5.73 Å². The summed E-state index contributed by atoms with van der Waals surface area (Å²) in [7, 11) is 0. The van der Waals surface area contributed by atoms with E-state index >= 15 is 0 Å². The molecule has 0 radical (unpaired) electrons. The number of aliphatic imine (C=N–C) groups is 2. The van der Waals surface area contributed by atoms with Gasteiger partial charge in [-0.05, 0) is 117 Å². The molecule has 41 heavy (non-hydrogen) atoms. The van der Waals surface area contributed by atoms with Gasteiger partial charge in [0.15, 0.2) is 0 Å². The molecule has 5 nitrogen and oxygen atoms in total. The Balaban J connectivity index is 1.55. The number of allylic oxidation sites excluding steroid dienone is 4. The lowest BCUT2D eigenvalue weighted by Crippen LogP contribution is -2.05. The lowest BCUT2D eigenvalue weighted by Gasteiger charge is -2.17. The summed E-state index contributed by atoms with van der Waals surface area (Å²) in [6.45, 7) is 12.9. The number of aryl methyl sites for hydroxylation is 6. The van der Waals surface area contributed by atoms with Crippen LogP contribution in [0.5, 0.6) is 0 Å². The fourth-order valence-corrected chi connectivity index (χ4v) is 6.74. The van der Waals surface area contributed by atoms with Crippen molar-refractivity contribution in [3.05, 3.63) is 134 Å². The van der Waals surface area contributed by atoms with E-state index in [1.165, 1.54) is 38.9 Å². The molecule has 0 atom stereocenters. The number of rotatable bonds is 2. The Kier molecular flexibility index (Phi) is 5.55. The van der Waals surface area contributed by atoms with Crippen molar-refractivity contribution in [2.75, 3.05) is 5.73 Å². The summed E-state index contributed by atoms with van der Waals surface area (Å²) in [5, 5.41) is 0. The van der Waals surface area contributed by atoms with E-state index in [1.807, 2.05) is 6.07 Å². The number of nitrogens with one attached hydrogen (secondary N) is 2. The first-order valence-corrected chi connectivity index (χ1v) is 14.1. The Morgan fingerprint density at radius 3 is 1.59 bits per heavy atom. The molecule has 0 amide bonds. The first kappa shape index (κ1) is 25.1. The molecule has 202 valence electrons. The van der Waals surface area contributed by atoms with E-state index in [-0.39, 0.29) is 0 Å². The fourth-order valence-electron chi connectivity index (χ4n) is 6.74. The van der Waals surface area contributed by atoms with Crippen LogP contribution in [0.25, 0.3) is 22.5 Å². The summed E-state index contributed by atoms with van der Waals surface area (Å²) in [6, 6.07) is 15.2. The number of benzene rings is 2. The zero-order valence-electron chi connectivity index (χ0n) is 24.3. The second-order valence-electron chi connectivity index (χ2n) is 11.5. The number of hydrogen-bond acceptors (Lipinski definition) is 3. The van der Waals surface area contributed by atoms with Crippen molar-refractivity contribution < 1.29 is 0 Å². The molecular weight excluding hydrogens is 502 g/mol. The summed E-state index contributed by atoms with van der Waals surface area (Å²) in [6.07, 6.45) is 8.34. The monoisotopic (exact) mass is 535 g/mol. The van der Waals surface area contributed by atoms with E-state index in [1.54, 1.807) is 0 Å². The molecule has 0 saturated carbocycles. The van der Waals surface area contributed by atoms with Crippen LogP contribution in [0.4, 0.5) is 5.69 Å². The van der Waals surface area contributed by atoms with Crippen molar-refractivity contribution in [1.29, 1.82) is 0 Å². The quantitative estimate of drug-likeness (QED) is 0.239. The maximum atomic E-state index is 6.77. The summed E-state index contributed by atoms with van der Waals surface area (Å²) in [5.74, 6) is 0. The van der Waals surface area contributed by atoms with E-state index in [4.69, 9.17) is 15.7 Å². The molecular formula is C36H33N5. The van der Waals surface area contributed by atoms with Gasteiger partial charge in [-0.2, -0.15) is 0 Å². The first-order chi connectivity index (χ1) is 19.7. The zero-order valence-corrected chi connectivity index (χ0v) is 24.3. The lowest BCUT2D eigenvalue weighted by atomic mass is 9.90. The van der Waals surface area contributed by atoms with Gasteiger partial charge in [-0.25, -0.2) is 9.98 Å². The number of anilines is 1. The van der Waals surface area contributed by atoms with Crippen molar-refractivity contribution in [2.24, 2.45) is 9.98 Å². The SMILES string of the molecule is Cc1cc(C)c(C2=C3C=CC(=N3)C3=NC(=C(c4c(C)cc(C)cc4C)c4[nH]c(cc4N)-c4ccc2[nH]4)C=C3)c(C)c1. The molecule has 0 aliphatic carbocycles. The Morgan fingerprint density at radius 1 is 0.537 bits per heavy atom. The van der Waals surface area contributed by atoms with Crippen LogP contribution in [0.15, 0.2) is 88.1 Å². The number of nitrogens with two attached hydrogens (primary N) is 1. The molecule has 3 aliphatic heterocycles. The topological polar surface area (TPSA) is 82.3 Å². The minimum atomic E-state index is 0.688. The molecule has 8 bridgehead atoms. The summed E-state index contributed by atoms with van der Waals surface area (Å²) in [5.41, 5.74) is 26.5. The highest BCUT2D eigenvalue weighted by molar-refractivity contribution is 6.52. The predicted octanol–water partition coefficient (Wildman–Crippen LogP) is 8.00. The highest BCUT2D eigenvalue weighted by Crippen LogP contribution is 2.41. The number of hydrogen-bond donors (Lipinski definition) is 3. The molecule has 3 aliphatic rings. The largest absolute Gasteiger partial charge is 0.397 e. The van der Waals surface area contributed by atoms with E-state index < -0.39 is 0 Å². The summed E-state index contributed by atoms with van der Waals surface area (Å²) < 4.78 is 0. The number of nitrogen functional groups attached to an aromatic ring is 1. The Bertz CT molecular complexity index is 1950. The Hall–Kier alpha value is -4.90. The van der Waals surface area contributed by atoms with Gasteiger partial charge in [0.1, 0.15) is 0 Å². The van der Waals surface area contributed by atoms with E-state index in [0.29, 0.717) is 5.69 Å². The third-order valence-corrected chi connectivity index (χ3v) is 8.25. The van der Waals surface area contributed by atoms with Gasteiger partial charge in [0.25, 0.3) is 0 Å². The van der Waals surface area contributed by atoms with E-state index in [2.05, 4.69) is 112 Å². The molecule has 5 heteroatoms. The lowest BCUT2D eigenvalue weighted by molar-refractivity contribution is 1.23. The standard InChI is InChI=1S/C36H33N5/c1-18-13-20(3)32(21(4)14-18)34-28-10-7-25(38-28)26-8-12-30(39-26)35(33-22(5)15-19(2)16-23(33)6)36-24(37)17-31(41-36)27-9-11-29(34)40-27/h7-17,40-41H,37H2,1-6H3. The Morgan fingerprint density at radius 2 is 1.02 bits per heavy atom. The van der Waals surface area contributed by atoms with Gasteiger partial charge >= 0.3 is 0 Å². The van der Waals surface area contributed by atoms with Crippen LogP contribution in [-0.4, -0.2) is 21.4 Å². The van der Waals surface area contributed by atoms with Crippen molar-refractivity contribution in [3.8, 4) is 11.4 Å². The summed E-state index contributed by atoms with van der Waals surface area (Å²) in [4.78, 5) is 17.7. The van der Waals surface area contributed by atoms with E-state index in [9.17, 15) is 0 Å². The number of H-pyrrole nitrogens is 2. The third kappa shape index (κ3) is 4.00. The second-order valence-corrected chi connectivity index (χ2v) is 11.5. The molecule has 4 aromatic rings. The van der Waals surface area contributed by atoms with Gasteiger partial charge < -0.3 is 15.7 Å². The minimum Gasteiger partial charge on any atom is -0.397 e. The van der Waals surface area contributed by atoms with Gasteiger partial charge in [0.2, 0.25) is 0 Å². The third-order valence-electron chi connectivity index (χ3n) is 8.25. The fraction of sp³-hybridized carbons (Fsp3) is 0.167. The van der Waals surface area contributed by atoms with Gasteiger partial charge in [0.05, 0.1) is 45.6 Å².